The van der Waals surface area contributed by atoms with Gasteiger partial charge in [-0.15, -0.1) is 0 Å². The lowest BCUT2D eigenvalue weighted by molar-refractivity contribution is 0.181. The number of benzene rings is 1. The number of carbonyl (C=O) groups is 1. The quantitative estimate of drug-likeness (QED) is 0.602. The molecule has 174 valence electrons. The standard InChI is InChI=1S/C23H25N3O6S/c1-13-21(14(2)32-25-13)16-9-18-17(11-19(22(27)24-18)26-7-8-31-23(26)28)20(10-16)33(29,30)12-15-5-3-4-6-15/h9-11,15H,3-8,12H2,1-2H3,(H,24,27). The Morgan fingerprint density at radius 1 is 1.15 bits per heavy atom. The number of hydrogen-bond acceptors (Lipinski definition) is 7. The van der Waals surface area contributed by atoms with Gasteiger partial charge in [0.05, 0.1) is 28.4 Å². The molecule has 33 heavy (non-hydrogen) atoms. The maximum atomic E-state index is 13.6. The van der Waals surface area contributed by atoms with Crippen LogP contribution in [0.3, 0.4) is 0 Å². The van der Waals surface area contributed by atoms with Gasteiger partial charge >= 0.3 is 6.09 Å². The van der Waals surface area contributed by atoms with Gasteiger partial charge in [0.2, 0.25) is 0 Å². The van der Waals surface area contributed by atoms with Crippen LogP contribution >= 0.6 is 0 Å². The van der Waals surface area contributed by atoms with Crippen LogP contribution in [0.25, 0.3) is 22.0 Å². The molecule has 0 bridgehead atoms. The Labute approximate surface area is 190 Å². The monoisotopic (exact) mass is 471 g/mol. The van der Waals surface area contributed by atoms with E-state index in [4.69, 9.17) is 9.26 Å². The second-order valence-electron chi connectivity index (χ2n) is 8.82. The molecule has 10 heteroatoms. The summed E-state index contributed by atoms with van der Waals surface area (Å²) in [5.41, 5.74) is 1.89. The topological polar surface area (TPSA) is 123 Å². The number of nitrogens with one attached hydrogen (secondary N) is 1. The van der Waals surface area contributed by atoms with Crippen LogP contribution in [-0.2, 0) is 14.6 Å². The minimum Gasteiger partial charge on any atom is -0.447 e. The summed E-state index contributed by atoms with van der Waals surface area (Å²) in [6.07, 6.45) is 3.23. The molecule has 1 amide bonds. The molecule has 1 saturated heterocycles. The predicted octanol–water partition coefficient (Wildman–Crippen LogP) is 3.72. The number of rotatable bonds is 5. The molecule has 2 fully saturated rings. The van der Waals surface area contributed by atoms with Gasteiger partial charge in [0.25, 0.3) is 5.56 Å². The number of cyclic esters (lactones) is 1. The summed E-state index contributed by atoms with van der Waals surface area (Å²) in [4.78, 5) is 29.1. The Balaban J connectivity index is 1.74. The van der Waals surface area contributed by atoms with Crippen molar-refractivity contribution in [3.8, 4) is 11.1 Å². The number of pyridine rings is 1. The highest BCUT2D eigenvalue weighted by molar-refractivity contribution is 7.91. The van der Waals surface area contributed by atoms with Crippen molar-refractivity contribution in [1.82, 2.24) is 10.1 Å². The third-order valence-electron chi connectivity index (χ3n) is 6.54. The number of nitrogens with zero attached hydrogens (tertiary/aromatic N) is 2. The van der Waals surface area contributed by atoms with Crippen molar-refractivity contribution in [2.75, 3.05) is 23.8 Å². The van der Waals surface area contributed by atoms with Crippen molar-refractivity contribution in [3.63, 3.8) is 0 Å². The van der Waals surface area contributed by atoms with Gasteiger partial charge in [0.15, 0.2) is 9.84 Å². The molecule has 5 rings (SSSR count). The number of hydrogen-bond donors (Lipinski definition) is 1. The highest BCUT2D eigenvalue weighted by atomic mass is 32.2. The first-order valence-corrected chi connectivity index (χ1v) is 12.7. The fourth-order valence-corrected chi connectivity index (χ4v) is 6.90. The molecular weight excluding hydrogens is 446 g/mol. The molecule has 9 nitrogen and oxygen atoms in total. The fraction of sp³-hybridized carbons (Fsp3) is 0.435. The number of anilines is 1. The SMILES string of the molecule is Cc1noc(C)c1-c1cc(S(=O)(=O)CC2CCCC2)c2cc(N3CCOC3=O)c(=O)[nH]c2c1. The molecule has 1 aromatic carbocycles. The fourth-order valence-electron chi connectivity index (χ4n) is 4.95. The predicted molar refractivity (Wildman–Crippen MR) is 122 cm³/mol. The lowest BCUT2D eigenvalue weighted by atomic mass is 10.0. The molecule has 0 spiro atoms. The van der Waals surface area contributed by atoms with Crippen molar-refractivity contribution < 1.29 is 22.5 Å². The maximum Gasteiger partial charge on any atom is 0.414 e. The van der Waals surface area contributed by atoms with Gasteiger partial charge < -0.3 is 14.2 Å². The van der Waals surface area contributed by atoms with Gasteiger partial charge in [-0.1, -0.05) is 18.0 Å². The van der Waals surface area contributed by atoms with Crippen LogP contribution < -0.4 is 10.5 Å². The first-order chi connectivity index (χ1) is 15.7. The summed E-state index contributed by atoms with van der Waals surface area (Å²) in [7, 11) is -3.68. The van der Waals surface area contributed by atoms with E-state index in [0.717, 1.165) is 25.7 Å². The van der Waals surface area contributed by atoms with Crippen LogP contribution in [0.1, 0.15) is 37.1 Å². The first kappa shape index (κ1) is 21.7. The van der Waals surface area contributed by atoms with E-state index < -0.39 is 21.5 Å². The Hall–Kier alpha value is -3.14. The van der Waals surface area contributed by atoms with E-state index in [0.29, 0.717) is 33.5 Å². The van der Waals surface area contributed by atoms with Crippen LogP contribution in [0.15, 0.2) is 32.4 Å². The number of sulfone groups is 1. The lowest BCUT2D eigenvalue weighted by Crippen LogP contribution is -2.29. The first-order valence-electron chi connectivity index (χ1n) is 11.1. The second kappa shape index (κ2) is 8.02. The van der Waals surface area contributed by atoms with E-state index in [1.54, 1.807) is 26.0 Å². The zero-order valence-corrected chi connectivity index (χ0v) is 19.3. The lowest BCUT2D eigenvalue weighted by Gasteiger charge is -2.17. The Kier molecular flexibility index (Phi) is 5.27. The molecule has 2 aromatic heterocycles. The maximum absolute atomic E-state index is 13.6. The van der Waals surface area contributed by atoms with E-state index in [9.17, 15) is 18.0 Å². The van der Waals surface area contributed by atoms with Crippen molar-refractivity contribution in [3.05, 3.63) is 40.0 Å². The zero-order valence-electron chi connectivity index (χ0n) is 18.5. The van der Waals surface area contributed by atoms with Crippen molar-refractivity contribution in [2.24, 2.45) is 5.92 Å². The van der Waals surface area contributed by atoms with E-state index >= 15 is 0 Å². The highest BCUT2D eigenvalue weighted by Gasteiger charge is 2.30. The summed E-state index contributed by atoms with van der Waals surface area (Å²) in [5, 5.41) is 4.36. The minimum atomic E-state index is -3.68. The second-order valence-corrected chi connectivity index (χ2v) is 10.8. The van der Waals surface area contributed by atoms with Gasteiger partial charge in [0, 0.05) is 10.9 Å². The van der Waals surface area contributed by atoms with Crippen LogP contribution in [0.2, 0.25) is 0 Å². The van der Waals surface area contributed by atoms with Crippen molar-refractivity contribution in [2.45, 2.75) is 44.4 Å². The number of aryl methyl sites for hydroxylation is 2. The van der Waals surface area contributed by atoms with Crippen LogP contribution in [0.5, 0.6) is 0 Å². The third kappa shape index (κ3) is 3.82. The van der Waals surface area contributed by atoms with E-state index in [1.807, 2.05) is 0 Å². The number of aromatic amines is 1. The number of carbonyl (C=O) groups excluding carboxylic acids is 1. The van der Waals surface area contributed by atoms with Crippen molar-refractivity contribution >= 4 is 32.5 Å². The summed E-state index contributed by atoms with van der Waals surface area (Å²) < 4.78 is 37.5. The van der Waals surface area contributed by atoms with E-state index in [2.05, 4.69) is 10.1 Å². The van der Waals surface area contributed by atoms with Gasteiger partial charge in [-0.05, 0) is 56.4 Å². The summed E-state index contributed by atoms with van der Waals surface area (Å²) in [6.45, 7) is 3.95. The van der Waals surface area contributed by atoms with Gasteiger partial charge in [-0.3, -0.25) is 9.69 Å². The van der Waals surface area contributed by atoms with Gasteiger partial charge in [-0.25, -0.2) is 13.2 Å². The molecule has 1 aliphatic carbocycles. The number of amides is 1. The number of fused-ring (bicyclic) bond motifs is 1. The summed E-state index contributed by atoms with van der Waals surface area (Å²) in [6, 6.07) is 4.84. The minimum absolute atomic E-state index is 0.0490. The molecule has 1 N–H and O–H groups in total. The van der Waals surface area contributed by atoms with Crippen LogP contribution in [0.4, 0.5) is 10.5 Å². The van der Waals surface area contributed by atoms with Crippen LogP contribution in [-0.4, -0.2) is 43.6 Å². The molecule has 0 atom stereocenters. The third-order valence-corrected chi connectivity index (χ3v) is 8.46. The van der Waals surface area contributed by atoms with Gasteiger partial charge in [0.1, 0.15) is 18.1 Å². The number of aromatic nitrogens is 2. The summed E-state index contributed by atoms with van der Waals surface area (Å²) >= 11 is 0. The van der Waals surface area contributed by atoms with Crippen LogP contribution in [0, 0.1) is 19.8 Å². The Bertz CT molecular complexity index is 1400. The summed E-state index contributed by atoms with van der Waals surface area (Å²) in [5.74, 6) is 0.723. The molecule has 2 aliphatic rings. The van der Waals surface area contributed by atoms with Gasteiger partial charge in [-0.2, -0.15) is 0 Å². The molecule has 0 unspecified atom stereocenters. The molecule has 3 aromatic rings. The Morgan fingerprint density at radius 2 is 1.91 bits per heavy atom. The molecule has 0 radical (unpaired) electrons. The smallest absolute Gasteiger partial charge is 0.414 e. The number of ether oxygens (including phenoxy) is 1. The highest BCUT2D eigenvalue weighted by Crippen LogP contribution is 2.36. The molecular formula is C23H25N3O6S. The van der Waals surface area contributed by atoms with E-state index in [-0.39, 0.29) is 35.4 Å². The molecule has 1 aliphatic heterocycles. The molecule has 3 heterocycles. The largest absolute Gasteiger partial charge is 0.447 e. The average Bonchev–Trinajstić information content (AvgIpc) is 3.49. The Morgan fingerprint density at radius 3 is 2.55 bits per heavy atom. The van der Waals surface area contributed by atoms with Crippen molar-refractivity contribution in [1.29, 1.82) is 0 Å². The number of H-pyrrole nitrogens is 1. The normalized spacial score (nSPS) is 17.3. The zero-order chi connectivity index (χ0) is 23.3. The average molecular weight is 472 g/mol. The molecule has 1 saturated carbocycles. The van der Waals surface area contributed by atoms with E-state index in [1.165, 1.54) is 11.0 Å².